The SMILES string of the molecule is Nc1ccc([N+](=O)[O-])cc1C(=O)N1CCc2ccccc21. The number of nitro groups is 1. The zero-order valence-corrected chi connectivity index (χ0v) is 11.2. The number of carbonyl (C=O) groups is 1. The fourth-order valence-electron chi connectivity index (χ4n) is 2.54. The minimum absolute atomic E-state index is 0.139. The van der Waals surface area contributed by atoms with Gasteiger partial charge in [-0.2, -0.15) is 0 Å². The molecule has 2 N–H and O–H groups in total. The van der Waals surface area contributed by atoms with Crippen LogP contribution < -0.4 is 10.6 Å². The van der Waals surface area contributed by atoms with Crippen LogP contribution in [0.15, 0.2) is 42.5 Å². The molecule has 6 nitrogen and oxygen atoms in total. The number of nitrogens with zero attached hydrogens (tertiary/aromatic N) is 2. The number of hydrogen-bond acceptors (Lipinski definition) is 4. The standard InChI is InChI=1S/C15H13N3O3/c16-13-6-5-11(18(20)21)9-12(13)15(19)17-8-7-10-3-1-2-4-14(10)17/h1-6,9H,7-8,16H2. The predicted octanol–water partition coefficient (Wildman–Crippen LogP) is 2.38. The highest BCUT2D eigenvalue weighted by Gasteiger charge is 2.27. The van der Waals surface area contributed by atoms with Crippen molar-refractivity contribution in [2.45, 2.75) is 6.42 Å². The van der Waals surface area contributed by atoms with Crippen molar-refractivity contribution in [2.24, 2.45) is 0 Å². The van der Waals surface area contributed by atoms with Gasteiger partial charge < -0.3 is 10.6 Å². The van der Waals surface area contributed by atoms with E-state index in [0.717, 1.165) is 17.7 Å². The average molecular weight is 283 g/mol. The van der Waals surface area contributed by atoms with E-state index >= 15 is 0 Å². The molecule has 0 aromatic heterocycles. The lowest BCUT2D eigenvalue weighted by atomic mass is 10.1. The van der Waals surface area contributed by atoms with Gasteiger partial charge in [0.2, 0.25) is 0 Å². The van der Waals surface area contributed by atoms with Gasteiger partial charge in [0.05, 0.1) is 10.5 Å². The molecule has 0 aliphatic carbocycles. The number of nitrogen functional groups attached to an aromatic ring is 1. The van der Waals surface area contributed by atoms with E-state index in [9.17, 15) is 14.9 Å². The number of nitro benzene ring substituents is 1. The van der Waals surface area contributed by atoms with E-state index < -0.39 is 4.92 Å². The molecule has 1 heterocycles. The van der Waals surface area contributed by atoms with Crippen LogP contribution in [0.1, 0.15) is 15.9 Å². The van der Waals surface area contributed by atoms with Crippen LogP contribution in [0.5, 0.6) is 0 Å². The summed E-state index contributed by atoms with van der Waals surface area (Å²) in [6, 6.07) is 11.6. The molecule has 1 amide bonds. The normalized spacial score (nSPS) is 13.0. The molecule has 2 aromatic rings. The maximum Gasteiger partial charge on any atom is 0.270 e. The third kappa shape index (κ3) is 2.20. The molecule has 0 saturated heterocycles. The highest BCUT2D eigenvalue weighted by molar-refractivity contribution is 6.10. The molecule has 0 saturated carbocycles. The highest BCUT2D eigenvalue weighted by atomic mass is 16.6. The van der Waals surface area contributed by atoms with Gasteiger partial charge in [0.25, 0.3) is 11.6 Å². The molecule has 0 unspecified atom stereocenters. The zero-order chi connectivity index (χ0) is 15.0. The molecular formula is C15H13N3O3. The van der Waals surface area contributed by atoms with Crippen LogP contribution in [0.2, 0.25) is 0 Å². The molecule has 21 heavy (non-hydrogen) atoms. The van der Waals surface area contributed by atoms with Crippen LogP contribution in [-0.2, 0) is 6.42 Å². The topological polar surface area (TPSA) is 89.5 Å². The molecular weight excluding hydrogens is 270 g/mol. The Morgan fingerprint density at radius 1 is 1.24 bits per heavy atom. The summed E-state index contributed by atoms with van der Waals surface area (Å²) < 4.78 is 0. The van der Waals surface area contributed by atoms with Gasteiger partial charge in [-0.3, -0.25) is 14.9 Å². The fraction of sp³-hybridized carbons (Fsp3) is 0.133. The van der Waals surface area contributed by atoms with E-state index in [4.69, 9.17) is 5.73 Å². The summed E-state index contributed by atoms with van der Waals surface area (Å²) in [6.45, 7) is 0.556. The Hall–Kier alpha value is -2.89. The summed E-state index contributed by atoms with van der Waals surface area (Å²) in [5, 5.41) is 10.8. The predicted molar refractivity (Wildman–Crippen MR) is 79.3 cm³/mol. The Kier molecular flexibility index (Phi) is 3.06. The quantitative estimate of drug-likeness (QED) is 0.520. The first-order valence-corrected chi connectivity index (χ1v) is 6.51. The molecule has 0 bridgehead atoms. The minimum atomic E-state index is -0.534. The second-order valence-corrected chi connectivity index (χ2v) is 4.86. The first-order chi connectivity index (χ1) is 10.1. The molecule has 1 aliphatic rings. The third-order valence-corrected chi connectivity index (χ3v) is 3.61. The summed E-state index contributed by atoms with van der Waals surface area (Å²) >= 11 is 0. The van der Waals surface area contributed by atoms with Gasteiger partial charge in [0.15, 0.2) is 0 Å². The molecule has 0 fully saturated rings. The smallest absolute Gasteiger partial charge is 0.270 e. The Balaban J connectivity index is 2.00. The van der Waals surface area contributed by atoms with Crippen molar-refractivity contribution < 1.29 is 9.72 Å². The fourth-order valence-corrected chi connectivity index (χ4v) is 2.54. The van der Waals surface area contributed by atoms with Crippen LogP contribution in [0.4, 0.5) is 17.1 Å². The van der Waals surface area contributed by atoms with Gasteiger partial charge in [-0.25, -0.2) is 0 Å². The lowest BCUT2D eigenvalue weighted by Gasteiger charge is -2.18. The number of anilines is 2. The molecule has 0 spiro atoms. The van der Waals surface area contributed by atoms with Crippen molar-refractivity contribution in [3.05, 3.63) is 63.7 Å². The molecule has 0 radical (unpaired) electrons. The Labute approximate surface area is 120 Å². The largest absolute Gasteiger partial charge is 0.398 e. The lowest BCUT2D eigenvalue weighted by Crippen LogP contribution is -2.29. The van der Waals surface area contributed by atoms with Crippen molar-refractivity contribution in [2.75, 3.05) is 17.2 Å². The van der Waals surface area contributed by atoms with Crippen molar-refractivity contribution in [1.29, 1.82) is 0 Å². The number of fused-ring (bicyclic) bond motifs is 1. The summed E-state index contributed by atoms with van der Waals surface area (Å²) in [5.74, 6) is -0.304. The molecule has 106 valence electrons. The lowest BCUT2D eigenvalue weighted by molar-refractivity contribution is -0.384. The van der Waals surface area contributed by atoms with Crippen molar-refractivity contribution in [3.8, 4) is 0 Å². The maximum absolute atomic E-state index is 12.6. The summed E-state index contributed by atoms with van der Waals surface area (Å²) in [7, 11) is 0. The second kappa shape index (κ2) is 4.90. The van der Waals surface area contributed by atoms with Crippen LogP contribution in [-0.4, -0.2) is 17.4 Å². The summed E-state index contributed by atoms with van der Waals surface area (Å²) in [4.78, 5) is 24.6. The van der Waals surface area contributed by atoms with Crippen molar-refractivity contribution in [1.82, 2.24) is 0 Å². The van der Waals surface area contributed by atoms with Gasteiger partial charge in [-0.15, -0.1) is 0 Å². The monoisotopic (exact) mass is 283 g/mol. The number of rotatable bonds is 2. The Bertz CT molecular complexity index is 743. The molecule has 0 atom stereocenters. The van der Waals surface area contributed by atoms with Gasteiger partial charge in [-0.05, 0) is 24.1 Å². The number of hydrogen-bond donors (Lipinski definition) is 1. The number of amides is 1. The summed E-state index contributed by atoms with van der Waals surface area (Å²) in [5.41, 5.74) is 8.02. The maximum atomic E-state index is 12.6. The Morgan fingerprint density at radius 2 is 2.00 bits per heavy atom. The van der Waals surface area contributed by atoms with Gasteiger partial charge >= 0.3 is 0 Å². The van der Waals surface area contributed by atoms with Crippen molar-refractivity contribution >= 4 is 23.0 Å². The van der Waals surface area contributed by atoms with E-state index in [1.54, 1.807) is 4.90 Å². The van der Waals surface area contributed by atoms with Gasteiger partial charge in [0.1, 0.15) is 0 Å². The molecule has 2 aromatic carbocycles. The average Bonchev–Trinajstić information content (AvgIpc) is 2.90. The number of carbonyl (C=O) groups excluding carboxylic acids is 1. The first kappa shape index (κ1) is 13.1. The van der Waals surface area contributed by atoms with Crippen LogP contribution >= 0.6 is 0 Å². The van der Waals surface area contributed by atoms with Crippen LogP contribution in [0.25, 0.3) is 0 Å². The molecule has 3 rings (SSSR count). The zero-order valence-electron chi connectivity index (χ0n) is 11.2. The summed E-state index contributed by atoms with van der Waals surface area (Å²) in [6.07, 6.45) is 0.775. The second-order valence-electron chi connectivity index (χ2n) is 4.86. The van der Waals surface area contributed by atoms with E-state index in [1.165, 1.54) is 18.2 Å². The molecule has 1 aliphatic heterocycles. The number of nitrogens with two attached hydrogens (primary N) is 1. The number of non-ortho nitro benzene ring substituents is 1. The highest BCUT2D eigenvalue weighted by Crippen LogP contribution is 2.30. The van der Waals surface area contributed by atoms with E-state index in [-0.39, 0.29) is 22.8 Å². The third-order valence-electron chi connectivity index (χ3n) is 3.61. The number of benzene rings is 2. The van der Waals surface area contributed by atoms with Gasteiger partial charge in [-0.1, -0.05) is 18.2 Å². The first-order valence-electron chi connectivity index (χ1n) is 6.51. The van der Waals surface area contributed by atoms with E-state index in [1.807, 2.05) is 24.3 Å². The van der Waals surface area contributed by atoms with E-state index in [2.05, 4.69) is 0 Å². The van der Waals surface area contributed by atoms with Crippen LogP contribution in [0, 0.1) is 10.1 Å². The van der Waals surface area contributed by atoms with Crippen LogP contribution in [0.3, 0.4) is 0 Å². The van der Waals surface area contributed by atoms with E-state index in [0.29, 0.717) is 6.54 Å². The molecule has 6 heteroatoms. The number of para-hydroxylation sites is 1. The Morgan fingerprint density at radius 3 is 2.76 bits per heavy atom. The van der Waals surface area contributed by atoms with Gasteiger partial charge in [0, 0.05) is 30.1 Å². The van der Waals surface area contributed by atoms with Crippen molar-refractivity contribution in [3.63, 3.8) is 0 Å². The minimum Gasteiger partial charge on any atom is -0.398 e.